The van der Waals surface area contributed by atoms with Gasteiger partial charge in [-0.05, 0) is 25.1 Å². The van der Waals surface area contributed by atoms with Gasteiger partial charge in [0.15, 0.2) is 0 Å². The van der Waals surface area contributed by atoms with Crippen LogP contribution >= 0.6 is 11.6 Å². The zero-order valence-electron chi connectivity index (χ0n) is 11.6. The van der Waals surface area contributed by atoms with E-state index in [1.807, 2.05) is 32.9 Å². The number of rotatable bonds is 1. The maximum Gasteiger partial charge on any atom is 0.212 e. The van der Waals surface area contributed by atoms with Crippen molar-refractivity contribution < 1.29 is 4.39 Å². The third kappa shape index (κ3) is 2.51. The molecule has 0 saturated carbocycles. The molecule has 0 saturated heterocycles. The number of benzene rings is 1. The second-order valence-corrected chi connectivity index (χ2v) is 4.38. The Balaban J connectivity index is 0.000000704. The predicted molar refractivity (Wildman–Crippen MR) is 79.9 cm³/mol. The summed E-state index contributed by atoms with van der Waals surface area (Å²) in [5.41, 5.74) is 2.37. The quantitative estimate of drug-likeness (QED) is 0.616. The monoisotopic (exact) mass is 291 g/mol. The molecule has 2 heterocycles. The molecular formula is C15H15ClFN3. The van der Waals surface area contributed by atoms with E-state index < -0.39 is 5.95 Å². The van der Waals surface area contributed by atoms with Crippen LogP contribution in [0.25, 0.3) is 16.6 Å². The SMILES string of the molecule is CC.Cc1nn(-c2ccc(F)nc2)c2c(Cl)cccc12. The molecule has 0 aliphatic heterocycles. The Morgan fingerprint density at radius 1 is 1.15 bits per heavy atom. The van der Waals surface area contributed by atoms with Gasteiger partial charge in [0.1, 0.15) is 0 Å². The molecule has 5 heteroatoms. The zero-order chi connectivity index (χ0) is 14.7. The summed E-state index contributed by atoms with van der Waals surface area (Å²) in [5.74, 6) is -0.516. The van der Waals surface area contributed by atoms with Gasteiger partial charge in [-0.25, -0.2) is 9.67 Å². The number of fused-ring (bicyclic) bond motifs is 1. The molecule has 3 aromatic rings. The number of nitrogens with zero attached hydrogens (tertiary/aromatic N) is 3. The van der Waals surface area contributed by atoms with Crippen molar-refractivity contribution in [3.63, 3.8) is 0 Å². The molecule has 0 N–H and O–H groups in total. The highest BCUT2D eigenvalue weighted by Gasteiger charge is 2.11. The van der Waals surface area contributed by atoms with Crippen LogP contribution in [0.5, 0.6) is 0 Å². The molecule has 0 radical (unpaired) electrons. The summed E-state index contributed by atoms with van der Waals surface area (Å²) in [6, 6.07) is 8.56. The molecule has 0 fully saturated rings. The molecular weight excluding hydrogens is 277 g/mol. The summed E-state index contributed by atoms with van der Waals surface area (Å²) < 4.78 is 14.5. The van der Waals surface area contributed by atoms with Crippen LogP contribution in [0, 0.1) is 12.9 Å². The minimum absolute atomic E-state index is 0.516. The van der Waals surface area contributed by atoms with Gasteiger partial charge in [-0.1, -0.05) is 37.6 Å². The lowest BCUT2D eigenvalue weighted by atomic mass is 10.2. The Labute approximate surface area is 122 Å². The van der Waals surface area contributed by atoms with Gasteiger partial charge in [0, 0.05) is 5.39 Å². The minimum atomic E-state index is -0.516. The lowest BCUT2D eigenvalue weighted by Crippen LogP contribution is -1.98. The smallest absolute Gasteiger partial charge is 0.212 e. The molecule has 1 aromatic carbocycles. The van der Waals surface area contributed by atoms with Crippen LogP contribution in [-0.4, -0.2) is 14.8 Å². The van der Waals surface area contributed by atoms with Crippen molar-refractivity contribution in [3.05, 3.63) is 53.2 Å². The lowest BCUT2D eigenvalue weighted by Gasteiger charge is -2.03. The lowest BCUT2D eigenvalue weighted by molar-refractivity contribution is 0.582. The van der Waals surface area contributed by atoms with Crippen molar-refractivity contribution in [2.75, 3.05) is 0 Å². The van der Waals surface area contributed by atoms with Crippen LogP contribution in [0.3, 0.4) is 0 Å². The van der Waals surface area contributed by atoms with Crippen molar-refractivity contribution in [1.29, 1.82) is 0 Å². The van der Waals surface area contributed by atoms with Crippen LogP contribution < -0.4 is 0 Å². The Kier molecular flexibility index (Phi) is 4.35. The number of aromatic nitrogens is 3. The minimum Gasteiger partial charge on any atom is -0.230 e. The zero-order valence-corrected chi connectivity index (χ0v) is 12.3. The fourth-order valence-corrected chi connectivity index (χ4v) is 2.21. The Bertz CT molecular complexity index is 720. The van der Waals surface area contributed by atoms with Crippen LogP contribution in [0.15, 0.2) is 36.5 Å². The van der Waals surface area contributed by atoms with E-state index in [1.165, 1.54) is 12.3 Å². The van der Waals surface area contributed by atoms with Crippen molar-refractivity contribution in [3.8, 4) is 5.69 Å². The van der Waals surface area contributed by atoms with Gasteiger partial charge in [0.25, 0.3) is 0 Å². The van der Waals surface area contributed by atoms with Gasteiger partial charge in [0.2, 0.25) is 5.95 Å². The maximum atomic E-state index is 12.8. The second kappa shape index (κ2) is 6.01. The van der Waals surface area contributed by atoms with E-state index in [4.69, 9.17) is 11.6 Å². The third-order valence-electron chi connectivity index (χ3n) is 2.79. The maximum absolute atomic E-state index is 12.8. The fourth-order valence-electron chi connectivity index (χ4n) is 1.96. The summed E-state index contributed by atoms with van der Waals surface area (Å²) in [6.45, 7) is 5.91. The Morgan fingerprint density at radius 3 is 2.55 bits per heavy atom. The predicted octanol–water partition coefficient (Wildman–Crippen LogP) is 4.55. The highest BCUT2D eigenvalue weighted by Crippen LogP contribution is 2.27. The molecule has 3 rings (SSSR count). The van der Waals surface area contributed by atoms with E-state index in [9.17, 15) is 4.39 Å². The number of halogens is 2. The van der Waals surface area contributed by atoms with Crippen molar-refractivity contribution in [2.24, 2.45) is 0 Å². The van der Waals surface area contributed by atoms with Gasteiger partial charge in [-0.2, -0.15) is 9.49 Å². The molecule has 0 atom stereocenters. The number of pyridine rings is 1. The molecule has 2 aromatic heterocycles. The summed E-state index contributed by atoms with van der Waals surface area (Å²) in [7, 11) is 0. The third-order valence-corrected chi connectivity index (χ3v) is 3.10. The largest absolute Gasteiger partial charge is 0.230 e. The molecule has 0 aliphatic rings. The van der Waals surface area contributed by atoms with Crippen molar-refractivity contribution in [1.82, 2.24) is 14.8 Å². The molecule has 20 heavy (non-hydrogen) atoms. The summed E-state index contributed by atoms with van der Waals surface area (Å²) in [6.07, 6.45) is 1.44. The standard InChI is InChI=1S/C13H9ClFN3.C2H6/c1-8-10-3-2-4-11(14)13(10)18(17-8)9-5-6-12(15)16-7-9;1-2/h2-7H,1H3;1-2H3. The highest BCUT2D eigenvalue weighted by molar-refractivity contribution is 6.35. The molecule has 0 amide bonds. The first kappa shape index (κ1) is 14.5. The number of hydrogen-bond donors (Lipinski definition) is 0. The first-order valence-electron chi connectivity index (χ1n) is 6.42. The molecule has 0 bridgehead atoms. The van der Waals surface area contributed by atoms with Gasteiger partial charge >= 0.3 is 0 Å². The Morgan fingerprint density at radius 2 is 1.90 bits per heavy atom. The van der Waals surface area contributed by atoms with E-state index in [0.29, 0.717) is 10.7 Å². The number of aryl methyl sites for hydroxylation is 1. The van der Waals surface area contributed by atoms with E-state index in [2.05, 4.69) is 10.1 Å². The normalized spacial score (nSPS) is 10.2. The summed E-state index contributed by atoms with van der Waals surface area (Å²) >= 11 is 6.20. The average molecular weight is 292 g/mol. The summed E-state index contributed by atoms with van der Waals surface area (Å²) in [4.78, 5) is 3.63. The van der Waals surface area contributed by atoms with E-state index >= 15 is 0 Å². The van der Waals surface area contributed by atoms with E-state index in [-0.39, 0.29) is 0 Å². The average Bonchev–Trinajstić information content (AvgIpc) is 2.81. The van der Waals surface area contributed by atoms with Gasteiger partial charge < -0.3 is 0 Å². The number of para-hydroxylation sites is 1. The Hall–Kier alpha value is -1.94. The van der Waals surface area contributed by atoms with Gasteiger partial charge in [0.05, 0.1) is 28.1 Å². The van der Waals surface area contributed by atoms with Crippen molar-refractivity contribution in [2.45, 2.75) is 20.8 Å². The molecule has 104 valence electrons. The fraction of sp³-hybridized carbons (Fsp3) is 0.200. The topological polar surface area (TPSA) is 30.7 Å². The molecule has 3 nitrogen and oxygen atoms in total. The second-order valence-electron chi connectivity index (χ2n) is 3.97. The first-order valence-corrected chi connectivity index (χ1v) is 6.80. The summed E-state index contributed by atoms with van der Waals surface area (Å²) in [5, 5.41) is 6.01. The van der Waals surface area contributed by atoms with Crippen molar-refractivity contribution >= 4 is 22.5 Å². The molecule has 0 unspecified atom stereocenters. The van der Waals surface area contributed by atoms with Gasteiger partial charge in [-0.3, -0.25) is 0 Å². The van der Waals surface area contributed by atoms with Crippen LogP contribution in [0.1, 0.15) is 19.5 Å². The van der Waals surface area contributed by atoms with Crippen LogP contribution in [0.2, 0.25) is 5.02 Å². The molecule has 0 aliphatic carbocycles. The highest BCUT2D eigenvalue weighted by atomic mass is 35.5. The van der Waals surface area contributed by atoms with E-state index in [1.54, 1.807) is 16.8 Å². The van der Waals surface area contributed by atoms with Crippen LogP contribution in [0.4, 0.5) is 4.39 Å². The van der Waals surface area contributed by atoms with Crippen LogP contribution in [-0.2, 0) is 0 Å². The molecule has 0 spiro atoms. The first-order chi connectivity index (χ1) is 9.66. The van der Waals surface area contributed by atoms with E-state index in [0.717, 1.165) is 16.6 Å². The van der Waals surface area contributed by atoms with Gasteiger partial charge in [-0.15, -0.1) is 0 Å². The number of hydrogen-bond acceptors (Lipinski definition) is 2.